The monoisotopic (exact) mass is 266 g/mol. The molecule has 0 saturated heterocycles. The molecule has 0 aliphatic rings. The lowest BCUT2D eigenvalue weighted by Gasteiger charge is -2.22. The molecular formula is C15H22O2S. The Morgan fingerprint density at radius 3 is 2.44 bits per heavy atom. The van der Waals surface area contributed by atoms with Crippen LogP contribution in [0.1, 0.15) is 33.3 Å². The van der Waals surface area contributed by atoms with Crippen LogP contribution in [-0.4, -0.2) is 17.3 Å². The summed E-state index contributed by atoms with van der Waals surface area (Å²) in [6, 6.07) is 10.3. The zero-order chi connectivity index (χ0) is 13.6. The summed E-state index contributed by atoms with van der Waals surface area (Å²) in [5.74, 6) is 1.57. The van der Waals surface area contributed by atoms with Gasteiger partial charge in [-0.05, 0) is 26.3 Å². The number of carbonyl (C=O) groups is 1. The number of ether oxygens (including phenoxy) is 1. The standard InChI is InChI=1S/C15H22O2S/c1-12(14(16)17-15(2,3)4)10-18-11-13-8-6-5-7-9-13/h5-9,12H,10-11H2,1-4H3/t12-/m1/s1. The highest BCUT2D eigenvalue weighted by Gasteiger charge is 2.21. The van der Waals surface area contributed by atoms with Gasteiger partial charge in [-0.25, -0.2) is 0 Å². The number of hydrogen-bond acceptors (Lipinski definition) is 3. The minimum Gasteiger partial charge on any atom is -0.460 e. The lowest BCUT2D eigenvalue weighted by Crippen LogP contribution is -2.28. The van der Waals surface area contributed by atoms with Crippen LogP contribution < -0.4 is 0 Å². The van der Waals surface area contributed by atoms with Gasteiger partial charge in [0.05, 0.1) is 5.92 Å². The number of hydrogen-bond donors (Lipinski definition) is 0. The van der Waals surface area contributed by atoms with Gasteiger partial charge in [-0.3, -0.25) is 4.79 Å². The Bertz CT molecular complexity index is 368. The molecule has 0 saturated carbocycles. The molecule has 0 radical (unpaired) electrons. The van der Waals surface area contributed by atoms with E-state index in [1.807, 2.05) is 45.9 Å². The quantitative estimate of drug-likeness (QED) is 0.756. The zero-order valence-electron chi connectivity index (χ0n) is 11.6. The SMILES string of the molecule is C[C@H](CSCc1ccccc1)C(=O)OC(C)(C)C. The highest BCUT2D eigenvalue weighted by Crippen LogP contribution is 2.18. The second-order valence-electron chi connectivity index (χ2n) is 5.44. The van der Waals surface area contributed by atoms with Crippen molar-refractivity contribution in [2.75, 3.05) is 5.75 Å². The Labute approximate surface area is 114 Å². The Morgan fingerprint density at radius 2 is 1.89 bits per heavy atom. The van der Waals surface area contributed by atoms with Crippen molar-refractivity contribution in [3.63, 3.8) is 0 Å². The molecule has 1 rings (SSSR count). The fraction of sp³-hybridized carbons (Fsp3) is 0.533. The molecule has 100 valence electrons. The van der Waals surface area contributed by atoms with E-state index in [-0.39, 0.29) is 11.9 Å². The van der Waals surface area contributed by atoms with Crippen molar-refractivity contribution in [2.24, 2.45) is 5.92 Å². The molecule has 0 aromatic heterocycles. The van der Waals surface area contributed by atoms with Crippen molar-refractivity contribution < 1.29 is 9.53 Å². The van der Waals surface area contributed by atoms with Crippen LogP contribution >= 0.6 is 11.8 Å². The Kier molecular flexibility index (Phi) is 5.73. The van der Waals surface area contributed by atoms with Gasteiger partial charge in [0.2, 0.25) is 0 Å². The van der Waals surface area contributed by atoms with E-state index in [1.54, 1.807) is 11.8 Å². The van der Waals surface area contributed by atoms with Crippen molar-refractivity contribution >= 4 is 17.7 Å². The van der Waals surface area contributed by atoms with Crippen molar-refractivity contribution in [3.05, 3.63) is 35.9 Å². The first-order valence-corrected chi connectivity index (χ1v) is 7.38. The second kappa shape index (κ2) is 6.83. The van der Waals surface area contributed by atoms with E-state index in [2.05, 4.69) is 12.1 Å². The first-order valence-electron chi connectivity index (χ1n) is 6.23. The van der Waals surface area contributed by atoms with Gasteiger partial charge in [0.25, 0.3) is 0 Å². The van der Waals surface area contributed by atoms with Gasteiger partial charge in [0.15, 0.2) is 0 Å². The summed E-state index contributed by atoms with van der Waals surface area (Å²) in [6.45, 7) is 7.62. The third-order valence-corrected chi connectivity index (χ3v) is 3.56. The molecule has 1 aromatic rings. The van der Waals surface area contributed by atoms with Crippen LogP contribution in [-0.2, 0) is 15.3 Å². The largest absolute Gasteiger partial charge is 0.460 e. The number of carbonyl (C=O) groups excluding carboxylic acids is 1. The smallest absolute Gasteiger partial charge is 0.310 e. The third kappa shape index (κ3) is 6.10. The molecule has 0 amide bonds. The van der Waals surface area contributed by atoms with Gasteiger partial charge in [0, 0.05) is 11.5 Å². The number of rotatable bonds is 5. The first kappa shape index (κ1) is 15.1. The molecule has 0 fully saturated rings. The minimum atomic E-state index is -0.393. The molecule has 0 heterocycles. The molecule has 0 aliphatic heterocycles. The van der Waals surface area contributed by atoms with E-state index in [0.29, 0.717) is 0 Å². The molecule has 0 N–H and O–H groups in total. The van der Waals surface area contributed by atoms with Gasteiger partial charge < -0.3 is 4.74 Å². The van der Waals surface area contributed by atoms with Crippen molar-refractivity contribution in [3.8, 4) is 0 Å². The normalized spacial score (nSPS) is 13.1. The predicted octanol–water partition coefficient (Wildman–Crippen LogP) is 3.90. The van der Waals surface area contributed by atoms with Crippen LogP contribution in [0.3, 0.4) is 0 Å². The van der Waals surface area contributed by atoms with Crippen LogP contribution in [0.5, 0.6) is 0 Å². The average Bonchev–Trinajstić information content (AvgIpc) is 2.28. The summed E-state index contributed by atoms with van der Waals surface area (Å²) in [7, 11) is 0. The van der Waals surface area contributed by atoms with Gasteiger partial charge >= 0.3 is 5.97 Å². The molecule has 18 heavy (non-hydrogen) atoms. The van der Waals surface area contributed by atoms with E-state index in [4.69, 9.17) is 4.74 Å². The lowest BCUT2D eigenvalue weighted by atomic mass is 10.1. The summed E-state index contributed by atoms with van der Waals surface area (Å²) in [6.07, 6.45) is 0. The first-order chi connectivity index (χ1) is 8.38. The van der Waals surface area contributed by atoms with Crippen LogP contribution in [0, 0.1) is 5.92 Å². The molecular weight excluding hydrogens is 244 g/mol. The van der Waals surface area contributed by atoms with Crippen LogP contribution in [0.4, 0.5) is 0 Å². The van der Waals surface area contributed by atoms with E-state index >= 15 is 0 Å². The molecule has 3 heteroatoms. The number of thioether (sulfide) groups is 1. The van der Waals surface area contributed by atoms with Gasteiger partial charge in [0.1, 0.15) is 5.60 Å². The summed E-state index contributed by atoms with van der Waals surface area (Å²) < 4.78 is 5.35. The maximum absolute atomic E-state index is 11.8. The summed E-state index contributed by atoms with van der Waals surface area (Å²) in [4.78, 5) is 11.8. The van der Waals surface area contributed by atoms with Crippen LogP contribution in [0.25, 0.3) is 0 Å². The van der Waals surface area contributed by atoms with E-state index in [1.165, 1.54) is 5.56 Å². The lowest BCUT2D eigenvalue weighted by molar-refractivity contribution is -0.158. The van der Waals surface area contributed by atoms with Crippen LogP contribution in [0.2, 0.25) is 0 Å². The van der Waals surface area contributed by atoms with Gasteiger partial charge in [-0.1, -0.05) is 37.3 Å². The highest BCUT2D eigenvalue weighted by atomic mass is 32.2. The van der Waals surface area contributed by atoms with Gasteiger partial charge in [-0.2, -0.15) is 11.8 Å². The fourth-order valence-electron chi connectivity index (χ4n) is 1.40. The molecule has 2 nitrogen and oxygen atoms in total. The maximum Gasteiger partial charge on any atom is 0.310 e. The summed E-state index contributed by atoms with van der Waals surface area (Å²) in [5.41, 5.74) is 0.897. The molecule has 0 bridgehead atoms. The topological polar surface area (TPSA) is 26.3 Å². The van der Waals surface area contributed by atoms with E-state index in [9.17, 15) is 4.79 Å². The fourth-order valence-corrected chi connectivity index (χ4v) is 2.43. The number of esters is 1. The van der Waals surface area contributed by atoms with Crippen molar-refractivity contribution in [2.45, 2.75) is 39.0 Å². The predicted molar refractivity (Wildman–Crippen MR) is 77.6 cm³/mol. The maximum atomic E-state index is 11.8. The van der Waals surface area contributed by atoms with E-state index < -0.39 is 5.60 Å². The molecule has 0 spiro atoms. The second-order valence-corrected chi connectivity index (χ2v) is 6.47. The summed E-state index contributed by atoms with van der Waals surface area (Å²) in [5, 5.41) is 0. The molecule has 0 aliphatic carbocycles. The Hall–Kier alpha value is -0.960. The molecule has 1 atom stereocenters. The Morgan fingerprint density at radius 1 is 1.28 bits per heavy atom. The van der Waals surface area contributed by atoms with Crippen molar-refractivity contribution in [1.29, 1.82) is 0 Å². The highest BCUT2D eigenvalue weighted by molar-refractivity contribution is 7.98. The minimum absolute atomic E-state index is 0.0575. The van der Waals surface area contributed by atoms with E-state index in [0.717, 1.165) is 11.5 Å². The molecule has 0 unspecified atom stereocenters. The van der Waals surface area contributed by atoms with Crippen LogP contribution in [0.15, 0.2) is 30.3 Å². The zero-order valence-corrected chi connectivity index (χ0v) is 12.4. The van der Waals surface area contributed by atoms with Gasteiger partial charge in [-0.15, -0.1) is 0 Å². The van der Waals surface area contributed by atoms with Crippen molar-refractivity contribution in [1.82, 2.24) is 0 Å². The molecule has 1 aromatic carbocycles. The Balaban J connectivity index is 2.29. The number of benzene rings is 1. The summed E-state index contributed by atoms with van der Waals surface area (Å²) >= 11 is 1.77. The third-order valence-electron chi connectivity index (χ3n) is 2.29. The average molecular weight is 266 g/mol.